The maximum atomic E-state index is 13.0. The quantitative estimate of drug-likeness (QED) is 0.681. The molecule has 1 aliphatic rings. The van der Waals surface area contributed by atoms with Gasteiger partial charge in [0.25, 0.3) is 5.91 Å². The molecule has 30 heavy (non-hydrogen) atoms. The van der Waals surface area contributed by atoms with E-state index in [1.54, 1.807) is 7.11 Å². The molecule has 1 aliphatic heterocycles. The number of carbonyl (C=O) groups excluding carboxylic acids is 1. The summed E-state index contributed by atoms with van der Waals surface area (Å²) in [5.74, 6) is 0.376. The van der Waals surface area contributed by atoms with Crippen LogP contribution in [0, 0.1) is 6.92 Å². The van der Waals surface area contributed by atoms with Gasteiger partial charge in [0.1, 0.15) is 5.75 Å². The zero-order chi connectivity index (χ0) is 21.9. The van der Waals surface area contributed by atoms with E-state index in [9.17, 15) is 13.2 Å². The van der Waals surface area contributed by atoms with Crippen molar-refractivity contribution < 1.29 is 17.9 Å². The second kappa shape index (κ2) is 9.37. The number of ether oxygens (including phenoxy) is 1. The summed E-state index contributed by atoms with van der Waals surface area (Å²) in [5, 5.41) is 3.20. The van der Waals surface area contributed by atoms with E-state index < -0.39 is 15.9 Å². The van der Waals surface area contributed by atoms with Crippen molar-refractivity contribution in [1.82, 2.24) is 9.62 Å². The van der Waals surface area contributed by atoms with Gasteiger partial charge in [0.05, 0.1) is 28.6 Å². The molecule has 1 unspecified atom stereocenters. The van der Waals surface area contributed by atoms with Crippen molar-refractivity contribution in [2.75, 3.05) is 20.2 Å². The lowest BCUT2D eigenvalue weighted by atomic mass is 10.0. The molecular weight excluding hydrogens is 424 g/mol. The Labute approximate surface area is 183 Å². The summed E-state index contributed by atoms with van der Waals surface area (Å²) in [5.41, 5.74) is 2.07. The van der Waals surface area contributed by atoms with Crippen molar-refractivity contribution in [3.63, 3.8) is 0 Å². The van der Waals surface area contributed by atoms with Crippen LogP contribution >= 0.6 is 11.6 Å². The molecule has 2 aromatic rings. The van der Waals surface area contributed by atoms with Crippen LogP contribution in [0.3, 0.4) is 0 Å². The first-order chi connectivity index (χ1) is 14.3. The molecule has 1 atom stereocenters. The van der Waals surface area contributed by atoms with E-state index in [4.69, 9.17) is 16.3 Å². The number of hydrogen-bond acceptors (Lipinski definition) is 4. The van der Waals surface area contributed by atoms with Gasteiger partial charge in [0.2, 0.25) is 10.0 Å². The highest BCUT2D eigenvalue weighted by molar-refractivity contribution is 7.89. The summed E-state index contributed by atoms with van der Waals surface area (Å²) in [7, 11) is -2.01. The first-order valence-electron chi connectivity index (χ1n) is 10.0. The van der Waals surface area contributed by atoms with Crippen LogP contribution in [-0.4, -0.2) is 38.8 Å². The Balaban J connectivity index is 1.86. The molecule has 0 spiro atoms. The SMILES string of the molecule is CCC(NC(=O)c1cc(S(=O)(=O)N2CCCC2)ccc1Cl)c1ccc(OC)c(C)c1. The number of carbonyl (C=O) groups is 1. The van der Waals surface area contributed by atoms with Crippen LogP contribution in [0.1, 0.15) is 53.7 Å². The molecule has 1 fully saturated rings. The average Bonchev–Trinajstić information content (AvgIpc) is 3.27. The lowest BCUT2D eigenvalue weighted by molar-refractivity contribution is 0.0935. The van der Waals surface area contributed by atoms with Crippen LogP contribution in [0.15, 0.2) is 41.3 Å². The Bertz CT molecular complexity index is 1030. The van der Waals surface area contributed by atoms with Gasteiger partial charge in [-0.2, -0.15) is 4.31 Å². The van der Waals surface area contributed by atoms with Gasteiger partial charge in [0, 0.05) is 13.1 Å². The van der Waals surface area contributed by atoms with Crippen molar-refractivity contribution in [3.8, 4) is 5.75 Å². The predicted octanol–water partition coefficient (Wildman–Crippen LogP) is 4.32. The van der Waals surface area contributed by atoms with Gasteiger partial charge in [-0.05, 0) is 61.6 Å². The zero-order valence-corrected chi connectivity index (χ0v) is 19.0. The standard InChI is InChI=1S/C22H27ClN2O4S/c1-4-20(16-7-10-21(29-3)15(2)13-16)24-22(26)18-14-17(8-9-19(18)23)30(27,28)25-11-5-6-12-25/h7-10,13-14,20H,4-6,11-12H2,1-3H3,(H,24,26). The van der Waals surface area contributed by atoms with Gasteiger partial charge in [-0.3, -0.25) is 4.79 Å². The molecule has 0 bridgehead atoms. The molecular formula is C22H27ClN2O4S. The van der Waals surface area contributed by atoms with Crippen LogP contribution in [0.4, 0.5) is 0 Å². The number of hydrogen-bond donors (Lipinski definition) is 1. The molecule has 162 valence electrons. The van der Waals surface area contributed by atoms with E-state index in [2.05, 4.69) is 5.32 Å². The molecule has 2 aromatic carbocycles. The molecule has 8 heteroatoms. The second-order valence-corrected chi connectivity index (χ2v) is 9.76. The van der Waals surface area contributed by atoms with E-state index in [0.29, 0.717) is 19.5 Å². The molecule has 0 radical (unpaired) electrons. The highest BCUT2D eigenvalue weighted by atomic mass is 35.5. The van der Waals surface area contributed by atoms with Crippen LogP contribution in [-0.2, 0) is 10.0 Å². The molecule has 0 aromatic heterocycles. The number of nitrogens with zero attached hydrogens (tertiary/aromatic N) is 1. The maximum Gasteiger partial charge on any atom is 0.253 e. The summed E-state index contributed by atoms with van der Waals surface area (Å²) in [6, 6.07) is 9.82. The van der Waals surface area contributed by atoms with Crippen molar-refractivity contribution in [2.45, 2.75) is 44.0 Å². The molecule has 3 rings (SSSR count). The predicted molar refractivity (Wildman–Crippen MR) is 118 cm³/mol. The lowest BCUT2D eigenvalue weighted by Crippen LogP contribution is -2.30. The highest BCUT2D eigenvalue weighted by Gasteiger charge is 2.28. The molecule has 1 N–H and O–H groups in total. The molecule has 0 aliphatic carbocycles. The molecule has 1 heterocycles. The Morgan fingerprint density at radius 2 is 1.90 bits per heavy atom. The van der Waals surface area contributed by atoms with Crippen LogP contribution < -0.4 is 10.1 Å². The van der Waals surface area contributed by atoms with Crippen LogP contribution in [0.25, 0.3) is 0 Å². The maximum absolute atomic E-state index is 13.0. The largest absolute Gasteiger partial charge is 0.496 e. The Morgan fingerprint density at radius 3 is 2.50 bits per heavy atom. The third-order valence-corrected chi connectivity index (χ3v) is 7.64. The van der Waals surface area contributed by atoms with Gasteiger partial charge < -0.3 is 10.1 Å². The average molecular weight is 451 g/mol. The van der Waals surface area contributed by atoms with E-state index in [1.165, 1.54) is 22.5 Å². The zero-order valence-electron chi connectivity index (χ0n) is 17.4. The summed E-state index contributed by atoms with van der Waals surface area (Å²) < 4.78 is 32.5. The monoisotopic (exact) mass is 450 g/mol. The Morgan fingerprint density at radius 1 is 1.20 bits per heavy atom. The van der Waals surface area contributed by atoms with Crippen molar-refractivity contribution in [2.24, 2.45) is 0 Å². The van der Waals surface area contributed by atoms with E-state index in [1.807, 2.05) is 32.0 Å². The smallest absolute Gasteiger partial charge is 0.253 e. The molecule has 0 saturated carbocycles. The van der Waals surface area contributed by atoms with Crippen LogP contribution in [0.5, 0.6) is 5.75 Å². The summed E-state index contributed by atoms with van der Waals surface area (Å²) >= 11 is 6.25. The van der Waals surface area contributed by atoms with E-state index in [0.717, 1.165) is 29.7 Å². The molecule has 1 saturated heterocycles. The number of halogens is 1. The Hall–Kier alpha value is -2.09. The first kappa shape index (κ1) is 22.6. The van der Waals surface area contributed by atoms with Crippen LogP contribution in [0.2, 0.25) is 5.02 Å². The van der Waals surface area contributed by atoms with Crippen molar-refractivity contribution in [3.05, 3.63) is 58.1 Å². The van der Waals surface area contributed by atoms with Gasteiger partial charge in [0.15, 0.2) is 0 Å². The normalized spacial score (nSPS) is 15.7. The van der Waals surface area contributed by atoms with Gasteiger partial charge >= 0.3 is 0 Å². The fraction of sp³-hybridized carbons (Fsp3) is 0.409. The highest BCUT2D eigenvalue weighted by Crippen LogP contribution is 2.27. The van der Waals surface area contributed by atoms with Gasteiger partial charge in [-0.25, -0.2) is 8.42 Å². The number of amides is 1. The van der Waals surface area contributed by atoms with Gasteiger partial charge in [-0.1, -0.05) is 30.7 Å². The second-order valence-electron chi connectivity index (χ2n) is 7.42. The van der Waals surface area contributed by atoms with E-state index in [-0.39, 0.29) is 21.5 Å². The van der Waals surface area contributed by atoms with Crippen molar-refractivity contribution >= 4 is 27.5 Å². The number of nitrogens with one attached hydrogen (secondary N) is 1. The minimum Gasteiger partial charge on any atom is -0.496 e. The lowest BCUT2D eigenvalue weighted by Gasteiger charge is -2.20. The summed E-state index contributed by atoms with van der Waals surface area (Å²) in [6.07, 6.45) is 2.36. The van der Waals surface area contributed by atoms with E-state index >= 15 is 0 Å². The Kier molecular flexibility index (Phi) is 7.06. The minimum absolute atomic E-state index is 0.0901. The molecule has 6 nitrogen and oxygen atoms in total. The number of methoxy groups -OCH3 is 1. The summed E-state index contributed by atoms with van der Waals surface area (Å²) in [6.45, 7) is 4.92. The molecule has 1 amide bonds. The fourth-order valence-corrected chi connectivity index (χ4v) is 5.44. The number of rotatable bonds is 7. The van der Waals surface area contributed by atoms with Gasteiger partial charge in [-0.15, -0.1) is 0 Å². The number of aryl methyl sites for hydroxylation is 1. The fourth-order valence-electron chi connectivity index (χ4n) is 3.69. The third-order valence-electron chi connectivity index (χ3n) is 5.42. The minimum atomic E-state index is -3.63. The number of sulfonamides is 1. The third kappa shape index (κ3) is 4.63. The number of benzene rings is 2. The van der Waals surface area contributed by atoms with Crippen molar-refractivity contribution in [1.29, 1.82) is 0 Å². The summed E-state index contributed by atoms with van der Waals surface area (Å²) in [4.78, 5) is 13.1. The first-order valence-corrected chi connectivity index (χ1v) is 11.8. The topological polar surface area (TPSA) is 75.7 Å².